The molecule has 30 heteroatoms. The number of rotatable bonds is 9. The average molecular weight is 1160 g/mol. The van der Waals surface area contributed by atoms with Crippen LogP contribution in [0, 0.1) is 5.82 Å². The third-order valence-corrected chi connectivity index (χ3v) is 13.1. The molecular formula is C54H54ClFN22O6. The zero-order valence-corrected chi connectivity index (χ0v) is 47.4. The van der Waals surface area contributed by atoms with E-state index in [9.17, 15) is 4.39 Å². The van der Waals surface area contributed by atoms with E-state index in [4.69, 9.17) is 63.0 Å². The number of benzene rings is 3. The Balaban J connectivity index is 0.000000125. The smallest absolute Gasteiger partial charge is 0.319 e. The van der Waals surface area contributed by atoms with Crippen molar-refractivity contribution < 1.29 is 32.8 Å². The molecule has 1 aliphatic rings. The van der Waals surface area contributed by atoms with Crippen LogP contribution in [0.5, 0.6) is 34.9 Å². The second kappa shape index (κ2) is 23.7. The number of fused-ring (bicyclic) bond motifs is 5. The van der Waals surface area contributed by atoms with Crippen LogP contribution in [0.1, 0.15) is 13.8 Å². The molecule has 8 N–H and O–H groups in total. The first-order valence-corrected chi connectivity index (χ1v) is 25.7. The van der Waals surface area contributed by atoms with Gasteiger partial charge in [0.25, 0.3) is 0 Å². The van der Waals surface area contributed by atoms with E-state index < -0.39 is 5.82 Å². The fraction of sp³-hybridized carbons (Fsp3) is 0.222. The lowest BCUT2D eigenvalue weighted by atomic mass is 10.1. The summed E-state index contributed by atoms with van der Waals surface area (Å²) in [6.45, 7) is 4.81. The third-order valence-electron chi connectivity index (χ3n) is 12.8. The molecule has 0 bridgehead atoms. The van der Waals surface area contributed by atoms with Gasteiger partial charge < -0.3 is 51.4 Å². The highest BCUT2D eigenvalue weighted by molar-refractivity contribution is 6.32. The summed E-state index contributed by atoms with van der Waals surface area (Å²) in [5.41, 5.74) is 31.9. The molecule has 13 rings (SSSR count). The van der Waals surface area contributed by atoms with Gasteiger partial charge in [0.15, 0.2) is 45.7 Å². The number of aromatic nitrogens is 18. The molecule has 9 aromatic heterocycles. The van der Waals surface area contributed by atoms with Crippen molar-refractivity contribution in [3.8, 4) is 79.9 Å². The van der Waals surface area contributed by atoms with Crippen molar-refractivity contribution in [2.45, 2.75) is 20.0 Å². The Morgan fingerprint density at radius 2 is 0.940 bits per heavy atom. The topological polar surface area (TPSA) is 360 Å². The molecule has 1 aliphatic heterocycles. The number of nitrogen functional groups attached to an aromatic ring is 4. The standard InChI is InChI=1S/C15H16FN5O.C14H13N5O2.C13H12ClN5O.C12H13N7O2/c1-8(2)22-11-5-4-9(6-10(11)16)13-12-14(17)18-7-19-15(12)21(3)20-13;1-19-14-11(13(15)16-7-17-14)12(18-19)8-2-3-9-10(6-8)21-5-4-20-9;1-19-13-10(12(15)16-6-17-13)11(18-19)7-3-4-9(20-2)8(14)5-7;1-19-10-7(9(13)15-5-16-10)8(18-19)6-4-14-12(21-3)17-11(6)20-2/h4-8H,1-3H3,(H2,17,18,19);2-3,6-7H,4-5H2,1H3,(H2,15,16,17);3-6H,1-2H3,(H2,15,16,17);4-5H,1-3H3,(H2,13,15,16). The van der Waals surface area contributed by atoms with Crippen LogP contribution >= 0.6 is 11.6 Å². The lowest BCUT2D eigenvalue weighted by Gasteiger charge is -2.18. The van der Waals surface area contributed by atoms with E-state index in [0.717, 1.165) is 33.3 Å². The predicted octanol–water partition coefficient (Wildman–Crippen LogP) is 6.62. The molecule has 430 valence electrons. The van der Waals surface area contributed by atoms with Gasteiger partial charge in [-0.2, -0.15) is 25.4 Å². The number of hydrogen-bond donors (Lipinski definition) is 4. The second-order valence-corrected chi connectivity index (χ2v) is 18.9. The SMILES string of the molecule is CC(C)Oc1ccc(-c2nn(C)c3ncnc(N)c23)cc1F.COc1ccc(-c2nn(C)c3ncnc(N)c23)cc1Cl.COc1ncc(-c2nn(C)c3ncnc(N)c23)c(OC)n1.Cn1nc(-c2ccc3c(c2)OCCO3)c2c(N)ncnc21. The molecule has 3 aromatic carbocycles. The molecule has 0 atom stereocenters. The van der Waals surface area contributed by atoms with Crippen molar-refractivity contribution in [2.24, 2.45) is 28.2 Å². The van der Waals surface area contributed by atoms with Crippen LogP contribution in [0.15, 0.2) is 86.1 Å². The van der Waals surface area contributed by atoms with Gasteiger partial charge in [-0.3, -0.25) is 0 Å². The first-order chi connectivity index (χ1) is 40.5. The summed E-state index contributed by atoms with van der Waals surface area (Å²) in [6.07, 6.45) is 7.10. The van der Waals surface area contributed by atoms with E-state index in [2.05, 4.69) is 70.2 Å². The van der Waals surface area contributed by atoms with Crippen LogP contribution in [-0.4, -0.2) is 130 Å². The van der Waals surface area contributed by atoms with E-state index in [1.807, 2.05) is 52.2 Å². The Morgan fingerprint density at radius 3 is 1.38 bits per heavy atom. The Kier molecular flexibility index (Phi) is 15.9. The van der Waals surface area contributed by atoms with Gasteiger partial charge in [0.1, 0.15) is 90.3 Å². The molecule has 0 radical (unpaired) electrons. The van der Waals surface area contributed by atoms with Gasteiger partial charge in [-0.25, -0.2) is 68.0 Å². The summed E-state index contributed by atoms with van der Waals surface area (Å²) in [5.74, 6) is 3.64. The lowest BCUT2D eigenvalue weighted by molar-refractivity contribution is 0.171. The number of nitrogens with zero attached hydrogens (tertiary/aromatic N) is 18. The van der Waals surface area contributed by atoms with Crippen LogP contribution in [0.2, 0.25) is 5.02 Å². The largest absolute Gasteiger partial charge is 0.495 e. The second-order valence-electron chi connectivity index (χ2n) is 18.5. The van der Waals surface area contributed by atoms with E-state index in [1.165, 1.54) is 45.6 Å². The van der Waals surface area contributed by atoms with E-state index >= 15 is 0 Å². The number of ether oxygens (including phenoxy) is 6. The summed E-state index contributed by atoms with van der Waals surface area (Å²) in [6, 6.07) is 16.1. The van der Waals surface area contributed by atoms with Crippen LogP contribution in [0.25, 0.3) is 89.2 Å². The number of nitrogens with two attached hydrogens (primary N) is 4. The molecule has 0 saturated heterocycles. The van der Waals surface area contributed by atoms with Crippen molar-refractivity contribution in [3.05, 3.63) is 96.9 Å². The molecule has 28 nitrogen and oxygen atoms in total. The zero-order valence-electron chi connectivity index (χ0n) is 46.6. The van der Waals surface area contributed by atoms with Gasteiger partial charge >= 0.3 is 6.01 Å². The molecule has 0 aliphatic carbocycles. The summed E-state index contributed by atoms with van der Waals surface area (Å²) < 4.78 is 52.7. The summed E-state index contributed by atoms with van der Waals surface area (Å²) >= 11 is 6.16. The molecular weight excluding hydrogens is 1110 g/mol. The summed E-state index contributed by atoms with van der Waals surface area (Å²) in [7, 11) is 11.7. The minimum absolute atomic E-state index is 0.0972. The minimum Gasteiger partial charge on any atom is -0.495 e. The van der Waals surface area contributed by atoms with Crippen molar-refractivity contribution in [1.29, 1.82) is 0 Å². The maximum atomic E-state index is 14.2. The first kappa shape index (κ1) is 56.4. The van der Waals surface area contributed by atoms with E-state index in [1.54, 1.807) is 70.4 Å². The van der Waals surface area contributed by atoms with E-state index in [-0.39, 0.29) is 17.9 Å². The molecule has 84 heavy (non-hydrogen) atoms. The highest BCUT2D eigenvalue weighted by atomic mass is 35.5. The van der Waals surface area contributed by atoms with Gasteiger partial charge in [0.05, 0.1) is 59.6 Å². The number of aryl methyl sites for hydroxylation is 4. The van der Waals surface area contributed by atoms with Gasteiger partial charge in [-0.1, -0.05) is 11.6 Å². The van der Waals surface area contributed by atoms with Gasteiger partial charge in [0.2, 0.25) is 5.88 Å². The molecule has 0 spiro atoms. The molecule has 0 saturated carbocycles. The highest BCUT2D eigenvalue weighted by Gasteiger charge is 2.23. The van der Waals surface area contributed by atoms with Gasteiger partial charge in [-0.15, -0.1) is 0 Å². The molecule has 12 aromatic rings. The quantitative estimate of drug-likeness (QED) is 0.118. The molecule has 10 heterocycles. The Morgan fingerprint density at radius 1 is 0.512 bits per heavy atom. The van der Waals surface area contributed by atoms with Crippen LogP contribution in [-0.2, 0) is 28.2 Å². The Labute approximate surface area is 481 Å². The van der Waals surface area contributed by atoms with Crippen molar-refractivity contribution in [2.75, 3.05) is 57.5 Å². The van der Waals surface area contributed by atoms with Gasteiger partial charge in [0, 0.05) is 51.1 Å². The van der Waals surface area contributed by atoms with Crippen LogP contribution in [0.3, 0.4) is 0 Å². The number of halogens is 2. The molecule has 0 unspecified atom stereocenters. The molecule has 0 amide bonds. The van der Waals surface area contributed by atoms with Gasteiger partial charge in [-0.05, 0) is 68.4 Å². The third kappa shape index (κ3) is 11.0. The monoisotopic (exact) mass is 1160 g/mol. The number of hydrogen-bond acceptors (Lipinski definition) is 24. The van der Waals surface area contributed by atoms with E-state index in [0.29, 0.717) is 120 Å². The first-order valence-electron chi connectivity index (χ1n) is 25.4. The summed E-state index contributed by atoms with van der Waals surface area (Å²) in [5, 5.41) is 21.0. The van der Waals surface area contributed by atoms with Crippen molar-refractivity contribution >= 4 is 79.0 Å². The average Bonchev–Trinajstić information content (AvgIpc) is 3.17. The normalized spacial score (nSPS) is 11.7. The van der Waals surface area contributed by atoms with Crippen LogP contribution < -0.4 is 51.4 Å². The maximum Gasteiger partial charge on any atom is 0.319 e. The highest BCUT2D eigenvalue weighted by Crippen LogP contribution is 2.39. The summed E-state index contributed by atoms with van der Waals surface area (Å²) in [4.78, 5) is 41.0. The minimum atomic E-state index is -0.444. The van der Waals surface area contributed by atoms with Crippen LogP contribution in [0.4, 0.5) is 27.7 Å². The number of methoxy groups -OCH3 is 3. The molecule has 0 fully saturated rings. The fourth-order valence-corrected chi connectivity index (χ4v) is 9.26. The fourth-order valence-electron chi connectivity index (χ4n) is 9.00. The van der Waals surface area contributed by atoms with Crippen molar-refractivity contribution in [1.82, 2.24) is 89.0 Å². The Bertz CT molecular complexity index is 4420. The zero-order chi connectivity index (χ0) is 59.5. The van der Waals surface area contributed by atoms with Crippen molar-refractivity contribution in [3.63, 3.8) is 0 Å². The Hall–Kier alpha value is -10.8. The lowest BCUT2D eigenvalue weighted by Crippen LogP contribution is -2.15. The number of anilines is 4. The maximum absolute atomic E-state index is 14.2. The predicted molar refractivity (Wildman–Crippen MR) is 312 cm³/mol.